The van der Waals surface area contributed by atoms with E-state index in [0.29, 0.717) is 6.54 Å². The summed E-state index contributed by atoms with van der Waals surface area (Å²) in [5.41, 5.74) is 5.67. The molecule has 0 radical (unpaired) electrons. The lowest BCUT2D eigenvalue weighted by atomic mass is 9.94. The van der Waals surface area contributed by atoms with Crippen LogP contribution < -0.4 is 5.73 Å². The van der Waals surface area contributed by atoms with Crippen molar-refractivity contribution in [2.45, 2.75) is 58.2 Å². The third-order valence-corrected chi connectivity index (χ3v) is 4.87. The van der Waals surface area contributed by atoms with Gasteiger partial charge in [-0.1, -0.05) is 26.2 Å². The van der Waals surface area contributed by atoms with Crippen molar-refractivity contribution in [2.75, 3.05) is 6.54 Å². The van der Waals surface area contributed by atoms with E-state index in [1.165, 1.54) is 48.4 Å². The second-order valence-electron chi connectivity index (χ2n) is 4.93. The average molecular weight is 252 g/mol. The fourth-order valence-corrected chi connectivity index (χ4v) is 3.69. The lowest BCUT2D eigenvalue weighted by Gasteiger charge is -2.33. The third-order valence-electron chi connectivity index (χ3n) is 3.77. The number of hydrogen-bond acceptors (Lipinski definition) is 3. The first-order chi connectivity index (χ1) is 8.33. The second-order valence-corrected chi connectivity index (χ2v) is 6.18. The number of nitrogens with two attached hydrogens (primary N) is 1. The summed E-state index contributed by atoms with van der Waals surface area (Å²) >= 11 is 1.87. The van der Waals surface area contributed by atoms with Gasteiger partial charge in [0.05, 0.1) is 0 Å². The SMILES string of the molecule is CCN(Cc1ccc(CN)s1)C1CCCCC1. The highest BCUT2D eigenvalue weighted by Gasteiger charge is 2.20. The highest BCUT2D eigenvalue weighted by Crippen LogP contribution is 2.25. The van der Waals surface area contributed by atoms with Gasteiger partial charge >= 0.3 is 0 Å². The van der Waals surface area contributed by atoms with Gasteiger partial charge in [-0.3, -0.25) is 4.90 Å². The van der Waals surface area contributed by atoms with Crippen LogP contribution in [-0.4, -0.2) is 17.5 Å². The first-order valence-corrected chi connectivity index (χ1v) is 7.67. The normalized spacial score (nSPS) is 17.8. The predicted molar refractivity (Wildman–Crippen MR) is 75.2 cm³/mol. The Bertz CT molecular complexity index is 329. The molecule has 1 heterocycles. The summed E-state index contributed by atoms with van der Waals surface area (Å²) in [6.45, 7) is 5.25. The highest BCUT2D eigenvalue weighted by atomic mass is 32.1. The lowest BCUT2D eigenvalue weighted by Crippen LogP contribution is -2.35. The molecular weight excluding hydrogens is 228 g/mol. The zero-order valence-electron chi connectivity index (χ0n) is 10.8. The van der Waals surface area contributed by atoms with Crippen molar-refractivity contribution in [3.05, 3.63) is 21.9 Å². The molecule has 17 heavy (non-hydrogen) atoms. The summed E-state index contributed by atoms with van der Waals surface area (Å²) in [5, 5.41) is 0. The van der Waals surface area contributed by atoms with Crippen LogP contribution in [0.4, 0.5) is 0 Å². The van der Waals surface area contributed by atoms with Crippen LogP contribution in [0.15, 0.2) is 12.1 Å². The first kappa shape index (κ1) is 13.1. The molecule has 0 aromatic carbocycles. The zero-order chi connectivity index (χ0) is 12.1. The van der Waals surface area contributed by atoms with Crippen LogP contribution in [0.25, 0.3) is 0 Å². The summed E-state index contributed by atoms with van der Waals surface area (Å²) in [6, 6.07) is 5.24. The fourth-order valence-electron chi connectivity index (χ4n) is 2.76. The monoisotopic (exact) mass is 252 g/mol. The molecule has 3 heteroatoms. The molecule has 0 amide bonds. The Balaban J connectivity index is 1.93. The van der Waals surface area contributed by atoms with Crippen LogP contribution >= 0.6 is 11.3 Å². The van der Waals surface area contributed by atoms with Gasteiger partial charge in [-0.2, -0.15) is 0 Å². The quantitative estimate of drug-likeness (QED) is 0.870. The van der Waals surface area contributed by atoms with Gasteiger partial charge in [-0.25, -0.2) is 0 Å². The maximum absolute atomic E-state index is 5.67. The van der Waals surface area contributed by atoms with Crippen LogP contribution in [0.2, 0.25) is 0 Å². The van der Waals surface area contributed by atoms with E-state index >= 15 is 0 Å². The zero-order valence-corrected chi connectivity index (χ0v) is 11.6. The van der Waals surface area contributed by atoms with Crippen LogP contribution in [0.3, 0.4) is 0 Å². The topological polar surface area (TPSA) is 29.3 Å². The van der Waals surface area contributed by atoms with Gasteiger partial charge in [0.15, 0.2) is 0 Å². The van der Waals surface area contributed by atoms with E-state index in [4.69, 9.17) is 5.73 Å². The Morgan fingerprint density at radius 3 is 2.53 bits per heavy atom. The van der Waals surface area contributed by atoms with E-state index in [0.717, 1.165) is 12.6 Å². The number of rotatable bonds is 5. The Morgan fingerprint density at radius 2 is 1.94 bits per heavy atom. The molecule has 1 aliphatic rings. The predicted octanol–water partition coefficient (Wildman–Crippen LogP) is 3.36. The molecule has 96 valence electrons. The first-order valence-electron chi connectivity index (χ1n) is 6.85. The summed E-state index contributed by atoms with van der Waals surface area (Å²) in [7, 11) is 0. The van der Waals surface area contributed by atoms with Crippen LogP contribution in [-0.2, 0) is 13.1 Å². The fraction of sp³-hybridized carbons (Fsp3) is 0.714. The van der Waals surface area contributed by atoms with E-state index in [2.05, 4.69) is 24.0 Å². The van der Waals surface area contributed by atoms with Crippen LogP contribution in [0.1, 0.15) is 48.8 Å². The molecule has 0 saturated heterocycles. The average Bonchev–Trinajstić information content (AvgIpc) is 2.84. The number of hydrogen-bond donors (Lipinski definition) is 1. The Kier molecular flexibility index (Phi) is 5.01. The van der Waals surface area contributed by atoms with Gasteiger partial charge in [-0.15, -0.1) is 11.3 Å². The maximum Gasteiger partial charge on any atom is 0.0330 e. The smallest absolute Gasteiger partial charge is 0.0330 e. The van der Waals surface area contributed by atoms with E-state index in [1.54, 1.807) is 0 Å². The summed E-state index contributed by atoms with van der Waals surface area (Å²) in [4.78, 5) is 5.42. The van der Waals surface area contributed by atoms with Crippen LogP contribution in [0.5, 0.6) is 0 Å². The summed E-state index contributed by atoms with van der Waals surface area (Å²) < 4.78 is 0. The molecular formula is C14H24N2S. The third kappa shape index (κ3) is 3.54. The highest BCUT2D eigenvalue weighted by molar-refractivity contribution is 7.11. The molecule has 1 aromatic heterocycles. The second kappa shape index (κ2) is 6.53. The van der Waals surface area contributed by atoms with Gasteiger partial charge in [0.25, 0.3) is 0 Å². The van der Waals surface area contributed by atoms with Crippen LogP contribution in [0, 0.1) is 0 Å². The standard InChI is InChI=1S/C14H24N2S/c1-2-16(12-6-4-3-5-7-12)11-14-9-8-13(10-15)17-14/h8-9,12H,2-7,10-11,15H2,1H3. The molecule has 1 fully saturated rings. The molecule has 0 atom stereocenters. The van der Waals surface area contributed by atoms with E-state index in [1.807, 2.05) is 11.3 Å². The molecule has 2 rings (SSSR count). The minimum absolute atomic E-state index is 0.681. The molecule has 2 N–H and O–H groups in total. The van der Waals surface area contributed by atoms with Crippen molar-refractivity contribution in [1.29, 1.82) is 0 Å². The van der Waals surface area contributed by atoms with Crippen molar-refractivity contribution in [2.24, 2.45) is 5.73 Å². The molecule has 0 unspecified atom stereocenters. The van der Waals surface area contributed by atoms with Crippen molar-refractivity contribution < 1.29 is 0 Å². The number of thiophene rings is 1. The van der Waals surface area contributed by atoms with Crippen molar-refractivity contribution >= 4 is 11.3 Å². The van der Waals surface area contributed by atoms with Crippen molar-refractivity contribution in [1.82, 2.24) is 4.90 Å². The molecule has 1 aromatic rings. The van der Waals surface area contributed by atoms with E-state index in [9.17, 15) is 0 Å². The van der Waals surface area contributed by atoms with Gasteiger partial charge in [-0.05, 0) is 31.5 Å². The molecule has 0 spiro atoms. The van der Waals surface area contributed by atoms with Gasteiger partial charge < -0.3 is 5.73 Å². The molecule has 1 aliphatic carbocycles. The maximum atomic E-state index is 5.67. The van der Waals surface area contributed by atoms with Crippen molar-refractivity contribution in [3.8, 4) is 0 Å². The summed E-state index contributed by atoms with van der Waals surface area (Å²) in [6.07, 6.45) is 7.05. The van der Waals surface area contributed by atoms with Gasteiger partial charge in [0.2, 0.25) is 0 Å². The summed E-state index contributed by atoms with van der Waals surface area (Å²) in [5.74, 6) is 0. The minimum atomic E-state index is 0.681. The Hall–Kier alpha value is -0.380. The lowest BCUT2D eigenvalue weighted by molar-refractivity contribution is 0.157. The van der Waals surface area contributed by atoms with E-state index in [-0.39, 0.29) is 0 Å². The van der Waals surface area contributed by atoms with Gasteiger partial charge in [0, 0.05) is 28.9 Å². The van der Waals surface area contributed by atoms with Crippen molar-refractivity contribution in [3.63, 3.8) is 0 Å². The largest absolute Gasteiger partial charge is 0.326 e. The van der Waals surface area contributed by atoms with Gasteiger partial charge in [0.1, 0.15) is 0 Å². The minimum Gasteiger partial charge on any atom is -0.326 e. The Labute approximate surface area is 109 Å². The Morgan fingerprint density at radius 1 is 1.24 bits per heavy atom. The molecule has 0 aliphatic heterocycles. The molecule has 0 bridgehead atoms. The van der Waals surface area contributed by atoms with E-state index < -0.39 is 0 Å². The molecule has 1 saturated carbocycles. The number of nitrogens with zero attached hydrogens (tertiary/aromatic N) is 1. The molecule has 2 nitrogen and oxygen atoms in total.